The fraction of sp³-hybridized carbons (Fsp3) is 0.368. The summed E-state index contributed by atoms with van der Waals surface area (Å²) in [6.07, 6.45) is -0.900. The number of hydrazine groups is 1. The van der Waals surface area contributed by atoms with Gasteiger partial charge in [0.05, 0.1) is 12.1 Å². The molecule has 5 nitrogen and oxygen atoms in total. The quantitative estimate of drug-likeness (QED) is 0.834. The van der Waals surface area contributed by atoms with E-state index in [9.17, 15) is 9.59 Å². The second kappa shape index (κ2) is 6.88. The Labute approximate surface area is 151 Å². The van der Waals surface area contributed by atoms with Crippen LogP contribution in [0, 0.1) is 0 Å². The summed E-state index contributed by atoms with van der Waals surface area (Å²) in [6.45, 7) is 6.04. The van der Waals surface area contributed by atoms with Crippen molar-refractivity contribution in [1.29, 1.82) is 0 Å². The van der Waals surface area contributed by atoms with Crippen LogP contribution in [0.25, 0.3) is 0 Å². The van der Waals surface area contributed by atoms with Gasteiger partial charge in [-0.3, -0.25) is 4.79 Å². The standard InChI is InChI=1S/C19H22N2O3S/c1-19(2,3)21-18(23)24-16(12-14-8-5-4-6-9-14)17(22)20(21)13-15-10-7-11-25-15/h4-11,16H,12-13H2,1-3H3. The minimum absolute atomic E-state index is 0.188. The van der Waals surface area contributed by atoms with Gasteiger partial charge in [-0.05, 0) is 37.8 Å². The van der Waals surface area contributed by atoms with Crippen molar-refractivity contribution in [3.8, 4) is 0 Å². The molecule has 25 heavy (non-hydrogen) atoms. The first-order chi connectivity index (χ1) is 11.9. The second-order valence-electron chi connectivity index (χ2n) is 7.02. The molecule has 1 aliphatic rings. The minimum Gasteiger partial charge on any atom is -0.434 e. The lowest BCUT2D eigenvalue weighted by atomic mass is 10.1. The smallest absolute Gasteiger partial charge is 0.430 e. The van der Waals surface area contributed by atoms with Crippen molar-refractivity contribution < 1.29 is 14.3 Å². The van der Waals surface area contributed by atoms with E-state index in [1.54, 1.807) is 11.3 Å². The summed E-state index contributed by atoms with van der Waals surface area (Å²) in [6, 6.07) is 13.5. The van der Waals surface area contributed by atoms with Gasteiger partial charge in [0, 0.05) is 11.3 Å². The predicted octanol–water partition coefficient (Wildman–Crippen LogP) is 3.85. The first-order valence-electron chi connectivity index (χ1n) is 8.25. The zero-order valence-electron chi connectivity index (χ0n) is 14.6. The van der Waals surface area contributed by atoms with Gasteiger partial charge in [-0.2, -0.15) is 0 Å². The van der Waals surface area contributed by atoms with E-state index in [-0.39, 0.29) is 5.91 Å². The van der Waals surface area contributed by atoms with Crippen LogP contribution in [-0.4, -0.2) is 33.7 Å². The van der Waals surface area contributed by atoms with Crippen molar-refractivity contribution in [3.05, 3.63) is 58.3 Å². The average molecular weight is 358 g/mol. The van der Waals surface area contributed by atoms with Gasteiger partial charge in [0.25, 0.3) is 5.91 Å². The Hall–Kier alpha value is -2.34. The fourth-order valence-corrected chi connectivity index (χ4v) is 3.56. The summed E-state index contributed by atoms with van der Waals surface area (Å²) in [4.78, 5) is 26.7. The molecule has 1 saturated heterocycles. The van der Waals surface area contributed by atoms with E-state index in [2.05, 4.69) is 0 Å². The third kappa shape index (κ3) is 3.85. The van der Waals surface area contributed by atoms with E-state index in [0.29, 0.717) is 13.0 Å². The van der Waals surface area contributed by atoms with Gasteiger partial charge in [0.1, 0.15) is 0 Å². The van der Waals surface area contributed by atoms with Crippen molar-refractivity contribution in [3.63, 3.8) is 0 Å². The van der Waals surface area contributed by atoms with Crippen LogP contribution in [0.2, 0.25) is 0 Å². The number of amides is 2. The molecule has 0 saturated carbocycles. The summed E-state index contributed by atoms with van der Waals surface area (Å²) in [5.41, 5.74) is 0.413. The summed E-state index contributed by atoms with van der Waals surface area (Å²) < 4.78 is 5.49. The molecule has 2 aromatic rings. The Bertz CT molecular complexity index is 738. The van der Waals surface area contributed by atoms with Crippen molar-refractivity contribution >= 4 is 23.3 Å². The van der Waals surface area contributed by atoms with E-state index in [1.807, 2.05) is 68.6 Å². The molecule has 2 amide bonds. The molecular formula is C19H22N2O3S. The second-order valence-corrected chi connectivity index (χ2v) is 8.05. The van der Waals surface area contributed by atoms with E-state index in [0.717, 1.165) is 10.4 Å². The number of rotatable bonds is 4. The lowest BCUT2D eigenvalue weighted by Gasteiger charge is -2.46. The van der Waals surface area contributed by atoms with E-state index in [4.69, 9.17) is 4.74 Å². The largest absolute Gasteiger partial charge is 0.434 e. The third-order valence-corrected chi connectivity index (χ3v) is 4.83. The minimum atomic E-state index is -0.798. The molecule has 1 unspecified atom stereocenters. The number of carbonyl (C=O) groups is 2. The highest BCUT2D eigenvalue weighted by Gasteiger charge is 2.45. The molecule has 1 aromatic heterocycles. The molecule has 0 aliphatic carbocycles. The molecule has 0 spiro atoms. The zero-order valence-corrected chi connectivity index (χ0v) is 15.5. The summed E-state index contributed by atoms with van der Waals surface area (Å²) in [5.74, 6) is -0.188. The maximum absolute atomic E-state index is 13.1. The zero-order chi connectivity index (χ0) is 18.0. The van der Waals surface area contributed by atoms with Crippen LogP contribution in [0.5, 0.6) is 0 Å². The molecule has 2 heterocycles. The van der Waals surface area contributed by atoms with Gasteiger partial charge in [0.2, 0.25) is 0 Å². The Balaban J connectivity index is 1.87. The number of hydrogen-bond donors (Lipinski definition) is 0. The third-order valence-electron chi connectivity index (χ3n) is 3.97. The predicted molar refractivity (Wildman–Crippen MR) is 96.9 cm³/mol. The highest BCUT2D eigenvalue weighted by atomic mass is 32.1. The molecular weight excluding hydrogens is 336 g/mol. The van der Waals surface area contributed by atoms with Gasteiger partial charge in [-0.1, -0.05) is 36.4 Å². The highest BCUT2D eigenvalue weighted by molar-refractivity contribution is 7.09. The number of benzene rings is 1. The maximum Gasteiger partial charge on any atom is 0.430 e. The average Bonchev–Trinajstić information content (AvgIpc) is 3.05. The van der Waals surface area contributed by atoms with Crippen LogP contribution >= 0.6 is 11.3 Å². The first kappa shape index (κ1) is 17.5. The van der Waals surface area contributed by atoms with E-state index < -0.39 is 17.7 Å². The number of thiophene rings is 1. The maximum atomic E-state index is 13.1. The van der Waals surface area contributed by atoms with E-state index in [1.165, 1.54) is 10.0 Å². The number of carbonyl (C=O) groups excluding carboxylic acids is 2. The van der Waals surface area contributed by atoms with Gasteiger partial charge >= 0.3 is 6.09 Å². The van der Waals surface area contributed by atoms with Crippen LogP contribution in [0.15, 0.2) is 47.8 Å². The van der Waals surface area contributed by atoms with E-state index >= 15 is 0 Å². The number of ether oxygens (including phenoxy) is 1. The molecule has 1 atom stereocenters. The van der Waals surface area contributed by atoms with Gasteiger partial charge in [-0.15, -0.1) is 11.3 Å². The highest BCUT2D eigenvalue weighted by Crippen LogP contribution is 2.28. The van der Waals surface area contributed by atoms with Crippen molar-refractivity contribution in [2.24, 2.45) is 0 Å². The summed E-state index contributed by atoms with van der Waals surface area (Å²) in [5, 5.41) is 4.92. The van der Waals surface area contributed by atoms with Crippen molar-refractivity contribution in [2.75, 3.05) is 0 Å². The molecule has 1 aliphatic heterocycles. The van der Waals surface area contributed by atoms with Crippen molar-refractivity contribution in [2.45, 2.75) is 45.4 Å². The summed E-state index contributed by atoms with van der Waals surface area (Å²) in [7, 11) is 0. The molecule has 3 rings (SSSR count). The Kier molecular flexibility index (Phi) is 4.81. The molecule has 0 bridgehead atoms. The Morgan fingerprint density at radius 2 is 1.80 bits per heavy atom. The molecule has 0 radical (unpaired) electrons. The SMILES string of the molecule is CC(C)(C)N1C(=O)OC(Cc2ccccc2)C(=O)N1Cc1cccs1. The summed E-state index contributed by atoms with van der Waals surface area (Å²) >= 11 is 1.57. The number of hydrogen-bond acceptors (Lipinski definition) is 4. The molecule has 1 fully saturated rings. The molecule has 1 aromatic carbocycles. The Morgan fingerprint density at radius 3 is 2.40 bits per heavy atom. The van der Waals surface area contributed by atoms with Gasteiger partial charge < -0.3 is 4.74 Å². The van der Waals surface area contributed by atoms with Crippen LogP contribution < -0.4 is 0 Å². The van der Waals surface area contributed by atoms with Crippen LogP contribution in [0.3, 0.4) is 0 Å². The van der Waals surface area contributed by atoms with Crippen LogP contribution in [0.1, 0.15) is 31.2 Å². The van der Waals surface area contributed by atoms with Crippen LogP contribution in [-0.2, 0) is 22.5 Å². The van der Waals surface area contributed by atoms with Crippen LogP contribution in [0.4, 0.5) is 4.79 Å². The van der Waals surface area contributed by atoms with Crippen molar-refractivity contribution in [1.82, 2.24) is 10.0 Å². The van der Waals surface area contributed by atoms with Gasteiger partial charge in [-0.25, -0.2) is 14.8 Å². The normalized spacial score (nSPS) is 18.4. The lowest BCUT2D eigenvalue weighted by Crippen LogP contribution is -2.64. The Morgan fingerprint density at radius 1 is 1.08 bits per heavy atom. The molecule has 0 N–H and O–H groups in total. The van der Waals surface area contributed by atoms with Gasteiger partial charge in [0.15, 0.2) is 6.10 Å². The topological polar surface area (TPSA) is 49.9 Å². The fourth-order valence-electron chi connectivity index (χ4n) is 2.88. The number of nitrogens with zero attached hydrogens (tertiary/aromatic N) is 2. The molecule has 132 valence electrons. The number of cyclic esters (lactones) is 1. The monoisotopic (exact) mass is 358 g/mol. The lowest BCUT2D eigenvalue weighted by molar-refractivity contribution is -0.181. The first-order valence-corrected chi connectivity index (χ1v) is 9.12. The molecule has 6 heteroatoms.